The second-order valence-corrected chi connectivity index (χ2v) is 10.5. The number of carbonyl (C=O) groups excluding carboxylic acids is 1. The van der Waals surface area contributed by atoms with Crippen molar-refractivity contribution < 1.29 is 13.2 Å². The Morgan fingerprint density at radius 2 is 1.86 bits per heavy atom. The van der Waals surface area contributed by atoms with E-state index >= 15 is 0 Å². The minimum Gasteiger partial charge on any atom is -0.351 e. The average Bonchev–Trinajstić information content (AvgIpc) is 3.09. The molecule has 3 rings (SSSR count). The zero-order chi connectivity index (χ0) is 20.1. The van der Waals surface area contributed by atoms with Gasteiger partial charge in [0.1, 0.15) is 5.01 Å². The molecule has 0 saturated heterocycles. The van der Waals surface area contributed by atoms with Crippen LogP contribution in [-0.2, 0) is 27.1 Å². The topological polar surface area (TPSA) is 79.4 Å². The van der Waals surface area contributed by atoms with Gasteiger partial charge in [-0.2, -0.15) is 0 Å². The maximum atomic E-state index is 12.4. The van der Waals surface area contributed by atoms with Crippen LogP contribution in [0.25, 0.3) is 10.2 Å². The van der Waals surface area contributed by atoms with Crippen LogP contribution in [0.3, 0.4) is 0 Å². The van der Waals surface area contributed by atoms with Crippen LogP contribution in [0, 0.1) is 0 Å². The van der Waals surface area contributed by atoms with E-state index in [-0.39, 0.29) is 17.3 Å². The summed E-state index contributed by atoms with van der Waals surface area (Å²) in [5, 5.41) is 3.79. The van der Waals surface area contributed by atoms with Crippen LogP contribution in [-0.4, -0.2) is 43.5 Å². The van der Waals surface area contributed by atoms with E-state index in [2.05, 4.69) is 10.3 Å². The summed E-state index contributed by atoms with van der Waals surface area (Å²) in [7, 11) is -0.572. The van der Waals surface area contributed by atoms with Gasteiger partial charge in [0.15, 0.2) is 0 Å². The number of hydrogen-bond acceptors (Lipinski definition) is 6. The number of benzene rings is 2. The molecule has 1 N–H and O–H groups in total. The molecule has 0 aliphatic heterocycles. The van der Waals surface area contributed by atoms with E-state index < -0.39 is 10.0 Å². The van der Waals surface area contributed by atoms with E-state index in [4.69, 9.17) is 0 Å². The third-order valence-electron chi connectivity index (χ3n) is 4.00. The number of nitrogens with zero attached hydrogens (tertiary/aromatic N) is 2. The zero-order valence-corrected chi connectivity index (χ0v) is 18.0. The summed E-state index contributed by atoms with van der Waals surface area (Å²) in [5.41, 5.74) is 1.55. The largest absolute Gasteiger partial charge is 0.351 e. The Labute approximate surface area is 173 Å². The first-order valence-electron chi connectivity index (χ1n) is 8.57. The van der Waals surface area contributed by atoms with Crippen LogP contribution in [0.5, 0.6) is 0 Å². The summed E-state index contributed by atoms with van der Waals surface area (Å²) in [4.78, 5) is 16.9. The number of thiazole rings is 1. The summed E-state index contributed by atoms with van der Waals surface area (Å²) in [6.45, 7) is 0.170. The first kappa shape index (κ1) is 20.8. The van der Waals surface area contributed by atoms with Gasteiger partial charge in [0, 0.05) is 26.4 Å². The van der Waals surface area contributed by atoms with Crippen molar-refractivity contribution >= 4 is 49.2 Å². The smallest absolute Gasteiger partial charge is 0.242 e. The van der Waals surface area contributed by atoms with Crippen molar-refractivity contribution in [3.05, 3.63) is 59.1 Å². The summed E-state index contributed by atoms with van der Waals surface area (Å²) in [6, 6.07) is 14.7. The minimum atomic E-state index is -3.55. The average molecular weight is 436 g/mol. The van der Waals surface area contributed by atoms with Crippen LogP contribution in [0.15, 0.2) is 53.4 Å². The van der Waals surface area contributed by atoms with Gasteiger partial charge in [0.2, 0.25) is 15.9 Å². The number of hydrogen-bond donors (Lipinski definition) is 1. The Kier molecular flexibility index (Phi) is 6.71. The van der Waals surface area contributed by atoms with E-state index in [1.54, 1.807) is 35.6 Å². The van der Waals surface area contributed by atoms with Crippen molar-refractivity contribution in [1.82, 2.24) is 14.6 Å². The predicted molar refractivity (Wildman–Crippen MR) is 115 cm³/mol. The molecule has 0 aliphatic carbocycles. The fourth-order valence-corrected chi connectivity index (χ4v) is 5.55. The quantitative estimate of drug-likeness (QED) is 0.588. The fourth-order valence-electron chi connectivity index (χ4n) is 2.56. The highest BCUT2D eigenvalue weighted by atomic mass is 32.2. The first-order chi connectivity index (χ1) is 13.4. The third kappa shape index (κ3) is 4.91. The molecule has 3 aromatic rings. The highest BCUT2D eigenvalue weighted by Crippen LogP contribution is 2.24. The lowest BCUT2D eigenvalue weighted by atomic mass is 10.2. The Hall–Kier alpha value is -1.94. The SMILES string of the molecule is CN(C)S(=O)(=O)c1ccccc1CNC(=O)CSCc1nc2ccccc2s1. The molecule has 1 heterocycles. The molecule has 0 aliphatic rings. The normalized spacial score (nSPS) is 11.8. The van der Waals surface area contributed by atoms with Crippen LogP contribution >= 0.6 is 23.1 Å². The van der Waals surface area contributed by atoms with E-state index in [0.29, 0.717) is 17.1 Å². The van der Waals surface area contributed by atoms with Crippen molar-refractivity contribution in [3.63, 3.8) is 0 Å². The monoisotopic (exact) mass is 435 g/mol. The molecule has 0 bridgehead atoms. The van der Waals surface area contributed by atoms with Crippen LogP contribution in [0.2, 0.25) is 0 Å². The molecule has 0 unspecified atom stereocenters. The number of sulfonamides is 1. The summed E-state index contributed by atoms with van der Waals surface area (Å²) < 4.78 is 27.1. The molecule has 148 valence electrons. The van der Waals surface area contributed by atoms with Gasteiger partial charge < -0.3 is 5.32 Å². The van der Waals surface area contributed by atoms with Gasteiger partial charge in [-0.1, -0.05) is 30.3 Å². The van der Waals surface area contributed by atoms with E-state index in [0.717, 1.165) is 15.2 Å². The van der Waals surface area contributed by atoms with Gasteiger partial charge in [-0.3, -0.25) is 4.79 Å². The Morgan fingerprint density at radius 1 is 1.14 bits per heavy atom. The van der Waals surface area contributed by atoms with Crippen molar-refractivity contribution in [1.29, 1.82) is 0 Å². The van der Waals surface area contributed by atoms with Crippen molar-refractivity contribution in [3.8, 4) is 0 Å². The third-order valence-corrected chi connectivity index (χ3v) is 8.08. The lowest BCUT2D eigenvalue weighted by Crippen LogP contribution is -2.28. The molecule has 28 heavy (non-hydrogen) atoms. The van der Waals surface area contributed by atoms with Gasteiger partial charge in [-0.25, -0.2) is 17.7 Å². The Morgan fingerprint density at radius 3 is 2.61 bits per heavy atom. The number of carbonyl (C=O) groups is 1. The summed E-state index contributed by atoms with van der Waals surface area (Å²) >= 11 is 3.12. The van der Waals surface area contributed by atoms with Crippen molar-refractivity contribution in [2.75, 3.05) is 19.8 Å². The van der Waals surface area contributed by atoms with E-state index in [1.807, 2.05) is 24.3 Å². The van der Waals surface area contributed by atoms with Gasteiger partial charge in [0.25, 0.3) is 0 Å². The van der Waals surface area contributed by atoms with Crippen LogP contribution in [0.1, 0.15) is 10.6 Å². The molecule has 0 spiro atoms. The van der Waals surface area contributed by atoms with Gasteiger partial charge >= 0.3 is 0 Å². The number of nitrogens with one attached hydrogen (secondary N) is 1. The second-order valence-electron chi connectivity index (χ2n) is 6.24. The zero-order valence-electron chi connectivity index (χ0n) is 15.6. The number of fused-ring (bicyclic) bond motifs is 1. The molecule has 0 radical (unpaired) electrons. The number of rotatable bonds is 8. The molecule has 6 nitrogen and oxygen atoms in total. The maximum Gasteiger partial charge on any atom is 0.242 e. The molecule has 0 saturated carbocycles. The first-order valence-corrected chi connectivity index (χ1v) is 12.0. The Balaban J connectivity index is 1.53. The number of amides is 1. The molecule has 0 fully saturated rings. The highest BCUT2D eigenvalue weighted by molar-refractivity contribution is 7.99. The standard InChI is InChI=1S/C19H21N3O3S3/c1-22(2)28(24,25)17-10-6-3-7-14(17)11-20-18(23)12-26-13-19-21-15-8-4-5-9-16(15)27-19/h3-10H,11-13H2,1-2H3,(H,20,23). The van der Waals surface area contributed by atoms with E-state index in [9.17, 15) is 13.2 Å². The molecular formula is C19H21N3O3S3. The summed E-state index contributed by atoms with van der Waals surface area (Å²) in [6.07, 6.45) is 0. The molecule has 2 aromatic carbocycles. The molecule has 1 amide bonds. The minimum absolute atomic E-state index is 0.136. The molecular weight excluding hydrogens is 414 g/mol. The van der Waals surface area contributed by atoms with Gasteiger partial charge in [-0.05, 0) is 23.8 Å². The molecule has 1 aromatic heterocycles. The number of thioether (sulfide) groups is 1. The lowest BCUT2D eigenvalue weighted by molar-refractivity contribution is -0.118. The van der Waals surface area contributed by atoms with Crippen LogP contribution in [0.4, 0.5) is 0 Å². The molecule has 9 heteroatoms. The highest BCUT2D eigenvalue weighted by Gasteiger charge is 2.20. The fraction of sp³-hybridized carbons (Fsp3) is 0.263. The lowest BCUT2D eigenvalue weighted by Gasteiger charge is -2.15. The van der Waals surface area contributed by atoms with Crippen molar-refractivity contribution in [2.45, 2.75) is 17.2 Å². The summed E-state index contributed by atoms with van der Waals surface area (Å²) in [5.74, 6) is 0.819. The van der Waals surface area contributed by atoms with Gasteiger partial charge in [0.05, 0.1) is 20.9 Å². The second kappa shape index (κ2) is 9.04. The predicted octanol–water partition coefficient (Wildman–Crippen LogP) is 3.10. The van der Waals surface area contributed by atoms with Crippen LogP contribution < -0.4 is 5.32 Å². The van der Waals surface area contributed by atoms with Crippen molar-refractivity contribution in [2.24, 2.45) is 0 Å². The van der Waals surface area contributed by atoms with Gasteiger partial charge in [-0.15, -0.1) is 23.1 Å². The van der Waals surface area contributed by atoms with E-state index in [1.165, 1.54) is 30.2 Å². The maximum absolute atomic E-state index is 12.4. The number of para-hydroxylation sites is 1. The molecule has 0 atom stereocenters. The Bertz CT molecular complexity index is 1040. The number of aromatic nitrogens is 1.